The highest BCUT2D eigenvalue weighted by atomic mass is 14.5. The van der Waals surface area contributed by atoms with Gasteiger partial charge >= 0.3 is 0 Å². The van der Waals surface area contributed by atoms with Crippen LogP contribution in [0.15, 0.2) is 139 Å². The summed E-state index contributed by atoms with van der Waals surface area (Å²) in [5.41, 5.74) is 21.7. The molecular weight excluding hydrogens is 673 g/mol. The zero-order chi connectivity index (χ0) is 40.4. The topological polar surface area (TPSA) is 0 Å². The first kappa shape index (κ1) is 42.5. The normalized spacial score (nSPS) is 13.6. The van der Waals surface area contributed by atoms with E-state index in [1.807, 2.05) is 6.92 Å². The Kier molecular flexibility index (Phi) is 14.8. The van der Waals surface area contributed by atoms with E-state index in [0.29, 0.717) is 0 Å². The predicted molar refractivity (Wildman–Crippen MR) is 250 cm³/mol. The third-order valence-electron chi connectivity index (χ3n) is 12.1. The van der Waals surface area contributed by atoms with Gasteiger partial charge in [0.15, 0.2) is 0 Å². The summed E-state index contributed by atoms with van der Waals surface area (Å²) in [4.78, 5) is 0. The van der Waals surface area contributed by atoms with Crippen LogP contribution in [0.3, 0.4) is 0 Å². The van der Waals surface area contributed by atoms with E-state index in [9.17, 15) is 0 Å². The van der Waals surface area contributed by atoms with Crippen molar-refractivity contribution in [1.29, 1.82) is 0 Å². The average Bonchev–Trinajstić information content (AvgIpc) is 3.44. The van der Waals surface area contributed by atoms with E-state index in [0.717, 1.165) is 28.7 Å². The van der Waals surface area contributed by atoms with Crippen LogP contribution in [0.1, 0.15) is 139 Å². The quantitative estimate of drug-likeness (QED) is 0.0663. The predicted octanol–water partition coefficient (Wildman–Crippen LogP) is 17.1. The molecule has 0 heterocycles. The van der Waals surface area contributed by atoms with Crippen molar-refractivity contribution in [1.82, 2.24) is 0 Å². The summed E-state index contributed by atoms with van der Waals surface area (Å²) in [6, 6.07) is 28.6. The first-order valence-corrected chi connectivity index (χ1v) is 21.5. The number of allylic oxidation sites excluding steroid dienone is 9. The van der Waals surface area contributed by atoms with Crippen LogP contribution in [0.25, 0.3) is 39.0 Å². The summed E-state index contributed by atoms with van der Waals surface area (Å²) < 4.78 is 0. The molecule has 4 aromatic rings. The van der Waals surface area contributed by atoms with E-state index in [4.69, 9.17) is 0 Å². The van der Waals surface area contributed by atoms with Crippen LogP contribution in [-0.4, -0.2) is 0 Å². The maximum Gasteiger partial charge on any atom is 0.0215 e. The largest absolute Gasteiger partial charge is 0.0961 e. The summed E-state index contributed by atoms with van der Waals surface area (Å²) in [6.07, 6.45) is 22.3. The van der Waals surface area contributed by atoms with Crippen molar-refractivity contribution in [2.24, 2.45) is 0 Å². The Morgan fingerprint density at radius 1 is 0.589 bits per heavy atom. The van der Waals surface area contributed by atoms with E-state index in [2.05, 4.69) is 165 Å². The minimum Gasteiger partial charge on any atom is -0.0961 e. The van der Waals surface area contributed by atoms with Crippen molar-refractivity contribution in [2.45, 2.75) is 131 Å². The Morgan fingerprint density at radius 3 is 1.71 bits per heavy atom. The first-order valence-electron chi connectivity index (χ1n) is 21.5. The number of unbranched alkanes of at least 4 members (excludes halogenated alkanes) is 6. The van der Waals surface area contributed by atoms with Gasteiger partial charge < -0.3 is 0 Å². The second-order valence-corrected chi connectivity index (χ2v) is 16.7. The maximum absolute atomic E-state index is 4.40. The fourth-order valence-corrected chi connectivity index (χ4v) is 9.01. The van der Waals surface area contributed by atoms with Gasteiger partial charge in [-0.3, -0.25) is 0 Å². The molecular formula is C56H68. The Morgan fingerprint density at radius 2 is 1.14 bits per heavy atom. The summed E-state index contributed by atoms with van der Waals surface area (Å²) in [7, 11) is 0. The third kappa shape index (κ3) is 9.64. The molecule has 1 aliphatic carbocycles. The molecule has 56 heavy (non-hydrogen) atoms. The first-order chi connectivity index (χ1) is 26.9. The number of hydrogen-bond acceptors (Lipinski definition) is 0. The molecule has 0 atom stereocenters. The molecule has 0 N–H and O–H groups in total. The van der Waals surface area contributed by atoms with Crippen molar-refractivity contribution >= 4 is 5.57 Å². The Labute approximate surface area is 341 Å². The highest BCUT2D eigenvalue weighted by Crippen LogP contribution is 2.55. The number of benzene rings is 4. The van der Waals surface area contributed by atoms with Crippen LogP contribution in [0.4, 0.5) is 0 Å². The third-order valence-corrected chi connectivity index (χ3v) is 12.1. The summed E-state index contributed by atoms with van der Waals surface area (Å²) in [5.74, 6) is 0. The molecule has 0 saturated heterocycles. The van der Waals surface area contributed by atoms with Gasteiger partial charge in [-0.05, 0) is 150 Å². The lowest BCUT2D eigenvalue weighted by Gasteiger charge is -2.33. The van der Waals surface area contributed by atoms with Gasteiger partial charge in [-0.1, -0.05) is 188 Å². The molecule has 0 nitrogen and oxygen atoms in total. The fourth-order valence-electron chi connectivity index (χ4n) is 9.01. The van der Waals surface area contributed by atoms with Crippen molar-refractivity contribution in [2.75, 3.05) is 0 Å². The smallest absolute Gasteiger partial charge is 0.0215 e. The maximum atomic E-state index is 4.40. The van der Waals surface area contributed by atoms with Crippen LogP contribution in [0.5, 0.6) is 0 Å². The number of hydrogen-bond donors (Lipinski definition) is 0. The Hall–Kier alpha value is -4.68. The van der Waals surface area contributed by atoms with E-state index >= 15 is 0 Å². The van der Waals surface area contributed by atoms with Crippen LogP contribution in [-0.2, 0) is 5.41 Å². The molecule has 0 amide bonds. The van der Waals surface area contributed by atoms with Crippen LogP contribution in [0, 0.1) is 20.8 Å². The molecule has 0 aliphatic heterocycles. The number of rotatable bonds is 19. The lowest BCUT2D eigenvalue weighted by atomic mass is 9.70. The summed E-state index contributed by atoms with van der Waals surface area (Å²) >= 11 is 0. The van der Waals surface area contributed by atoms with Crippen LogP contribution < -0.4 is 0 Å². The zero-order valence-electron chi connectivity index (χ0n) is 36.1. The molecule has 0 aromatic heterocycles. The number of fused-ring (bicyclic) bond motifs is 3. The standard InChI is InChI=1S/C56H68/c1-12-15-17-19-32-56(33-20-18-16-13-2)54-37-47(46(21-14-3)24-23-41(7)45(11)42(8)34-39(4)5)25-30-52(54)53-31-27-49(38-55(53)56)51-29-26-48(36-44(51)10)50-28-22-40(6)35-43(50)9/h21-31,34-38H,4,7,11-20,32-33H2,1-3,5-6,8-10H3/b24-23-,42-34-,46-21-. The van der Waals surface area contributed by atoms with E-state index in [-0.39, 0.29) is 5.41 Å². The van der Waals surface area contributed by atoms with Crippen LogP contribution >= 0.6 is 0 Å². The van der Waals surface area contributed by atoms with Crippen molar-refractivity contribution in [3.8, 4) is 33.4 Å². The van der Waals surface area contributed by atoms with E-state index in [1.165, 1.54) is 137 Å². The minimum atomic E-state index is -0.0194. The lowest BCUT2D eigenvalue weighted by molar-refractivity contribution is 0.401. The van der Waals surface area contributed by atoms with Crippen molar-refractivity contribution in [3.63, 3.8) is 0 Å². The molecule has 292 valence electrons. The van der Waals surface area contributed by atoms with E-state index < -0.39 is 0 Å². The highest BCUT2D eigenvalue weighted by Gasteiger charge is 2.42. The molecule has 0 heteroatoms. The molecule has 4 aromatic carbocycles. The molecule has 1 aliphatic rings. The van der Waals surface area contributed by atoms with E-state index in [1.54, 1.807) is 0 Å². The fraction of sp³-hybridized carbons (Fsp3) is 0.357. The van der Waals surface area contributed by atoms with Gasteiger partial charge in [-0.25, -0.2) is 0 Å². The zero-order valence-corrected chi connectivity index (χ0v) is 36.1. The summed E-state index contributed by atoms with van der Waals surface area (Å²) in [6.45, 7) is 30.5. The SMILES string of the molecule is C=C(C)/C=C(/C)C(=C)C(=C)/C=C\C(=C\CC)c1ccc2c(c1)C(CCCCCC)(CCCCCC)c1cc(-c3ccc(-c4ccc(C)cc4C)cc3C)ccc1-2. The number of aryl methyl sites for hydroxylation is 3. The molecule has 5 rings (SSSR count). The van der Waals surface area contributed by atoms with Gasteiger partial charge in [0.2, 0.25) is 0 Å². The Balaban J connectivity index is 1.61. The van der Waals surface area contributed by atoms with Gasteiger partial charge in [-0.15, -0.1) is 0 Å². The molecule has 0 radical (unpaired) electrons. The lowest BCUT2D eigenvalue weighted by Crippen LogP contribution is -2.26. The molecule has 0 saturated carbocycles. The monoisotopic (exact) mass is 741 g/mol. The minimum absolute atomic E-state index is 0.0194. The van der Waals surface area contributed by atoms with Crippen molar-refractivity contribution in [3.05, 3.63) is 173 Å². The molecule has 0 unspecified atom stereocenters. The summed E-state index contributed by atoms with van der Waals surface area (Å²) in [5, 5.41) is 0. The second-order valence-electron chi connectivity index (χ2n) is 16.7. The van der Waals surface area contributed by atoms with Gasteiger partial charge in [0, 0.05) is 5.41 Å². The molecule has 0 spiro atoms. The second kappa shape index (κ2) is 19.5. The van der Waals surface area contributed by atoms with Crippen LogP contribution in [0.2, 0.25) is 0 Å². The Bertz CT molecular complexity index is 2140. The highest BCUT2D eigenvalue weighted by molar-refractivity contribution is 5.87. The molecule has 0 fully saturated rings. The molecule has 0 bridgehead atoms. The van der Waals surface area contributed by atoms with Gasteiger partial charge in [0.05, 0.1) is 0 Å². The average molecular weight is 741 g/mol. The van der Waals surface area contributed by atoms with Gasteiger partial charge in [0.25, 0.3) is 0 Å². The van der Waals surface area contributed by atoms with Gasteiger partial charge in [0.1, 0.15) is 0 Å². The van der Waals surface area contributed by atoms with Crippen molar-refractivity contribution < 1.29 is 0 Å². The van der Waals surface area contributed by atoms with Gasteiger partial charge in [-0.2, -0.15) is 0 Å².